The molecule has 1 fully saturated rings. The Morgan fingerprint density at radius 2 is 1.80 bits per heavy atom. The highest BCUT2D eigenvalue weighted by Crippen LogP contribution is 2.14. The van der Waals surface area contributed by atoms with Crippen molar-refractivity contribution in [2.24, 2.45) is 0 Å². The quantitative estimate of drug-likeness (QED) is 0.904. The van der Waals surface area contributed by atoms with Crippen molar-refractivity contribution in [1.29, 1.82) is 0 Å². The van der Waals surface area contributed by atoms with Gasteiger partial charge in [-0.3, -0.25) is 14.6 Å². The second-order valence-corrected chi connectivity index (χ2v) is 6.83. The zero-order valence-electron chi connectivity index (χ0n) is 15.2. The number of carbonyl (C=O) groups excluding carboxylic acids is 1. The minimum atomic E-state index is 0.0452. The molecule has 1 N–H and O–H groups in total. The number of aryl methyl sites for hydroxylation is 3. The molecule has 0 saturated carbocycles. The Balaban J connectivity index is 1.43. The molecule has 2 aromatic rings. The highest BCUT2D eigenvalue weighted by molar-refractivity contribution is 5.92. The molecule has 1 aliphatic heterocycles. The summed E-state index contributed by atoms with van der Waals surface area (Å²) in [4.78, 5) is 16.8. The molecular formula is C19H26N4O2. The summed E-state index contributed by atoms with van der Waals surface area (Å²) in [5, 5.41) is 7.04. The van der Waals surface area contributed by atoms with Gasteiger partial charge in [0.15, 0.2) is 0 Å². The molecule has 1 aliphatic rings. The minimum absolute atomic E-state index is 0.0452. The molecule has 25 heavy (non-hydrogen) atoms. The lowest BCUT2D eigenvalue weighted by atomic mass is 10.1. The normalized spacial score (nSPS) is 16.1. The second kappa shape index (κ2) is 7.80. The van der Waals surface area contributed by atoms with E-state index in [2.05, 4.69) is 34.1 Å². The molecule has 2 heterocycles. The van der Waals surface area contributed by atoms with Crippen molar-refractivity contribution < 1.29 is 9.32 Å². The van der Waals surface area contributed by atoms with Crippen LogP contribution >= 0.6 is 0 Å². The fraction of sp³-hybridized carbons (Fsp3) is 0.474. The van der Waals surface area contributed by atoms with Crippen LogP contribution in [-0.4, -0.2) is 53.6 Å². The van der Waals surface area contributed by atoms with E-state index in [-0.39, 0.29) is 5.91 Å². The summed E-state index contributed by atoms with van der Waals surface area (Å²) in [6.07, 6.45) is 0. The number of hydrogen-bond donors (Lipinski definition) is 1. The number of amides is 1. The van der Waals surface area contributed by atoms with Crippen molar-refractivity contribution in [3.8, 4) is 0 Å². The molecule has 1 amide bonds. The summed E-state index contributed by atoms with van der Waals surface area (Å²) in [5.41, 5.74) is 4.26. The van der Waals surface area contributed by atoms with E-state index in [0.717, 1.165) is 49.9 Å². The lowest BCUT2D eigenvalue weighted by molar-refractivity contribution is -0.117. The number of piperazine rings is 1. The first-order chi connectivity index (χ1) is 12.0. The minimum Gasteiger partial charge on any atom is -0.361 e. The average Bonchev–Trinajstić information content (AvgIpc) is 2.98. The first-order valence-electron chi connectivity index (χ1n) is 8.73. The van der Waals surface area contributed by atoms with Crippen molar-refractivity contribution in [1.82, 2.24) is 15.0 Å². The maximum Gasteiger partial charge on any atom is 0.238 e. The molecular weight excluding hydrogens is 316 g/mol. The summed E-state index contributed by atoms with van der Waals surface area (Å²) in [6.45, 7) is 10.9. The standard InChI is InChI=1S/C19H26N4O2/c1-14-4-5-17(10-15(14)2)20-19(24)13-23-8-6-22(7-9-23)12-18-11-16(3)25-21-18/h4-5,10-11H,6-9,12-13H2,1-3H3,(H,20,24). The highest BCUT2D eigenvalue weighted by Gasteiger charge is 2.20. The number of nitrogens with one attached hydrogen (secondary N) is 1. The molecule has 0 radical (unpaired) electrons. The third-order valence-electron chi connectivity index (χ3n) is 4.69. The second-order valence-electron chi connectivity index (χ2n) is 6.83. The van der Waals surface area contributed by atoms with Gasteiger partial charge in [-0.2, -0.15) is 0 Å². The molecule has 134 valence electrons. The monoisotopic (exact) mass is 342 g/mol. The number of rotatable bonds is 5. The van der Waals surface area contributed by atoms with E-state index in [1.807, 2.05) is 31.2 Å². The van der Waals surface area contributed by atoms with Gasteiger partial charge in [0.25, 0.3) is 0 Å². The van der Waals surface area contributed by atoms with E-state index in [1.54, 1.807) is 0 Å². The Kier molecular flexibility index (Phi) is 5.50. The van der Waals surface area contributed by atoms with Crippen molar-refractivity contribution in [2.75, 3.05) is 38.0 Å². The SMILES string of the molecule is Cc1cc(CN2CCN(CC(=O)Nc3ccc(C)c(C)c3)CC2)no1. The van der Waals surface area contributed by atoms with Crippen molar-refractivity contribution in [3.05, 3.63) is 46.8 Å². The average molecular weight is 342 g/mol. The van der Waals surface area contributed by atoms with Crippen LogP contribution in [0.4, 0.5) is 5.69 Å². The first-order valence-corrected chi connectivity index (χ1v) is 8.73. The Morgan fingerprint density at radius 1 is 1.08 bits per heavy atom. The zero-order valence-corrected chi connectivity index (χ0v) is 15.2. The Hall–Kier alpha value is -2.18. The number of carbonyl (C=O) groups is 1. The third-order valence-corrected chi connectivity index (χ3v) is 4.69. The van der Waals surface area contributed by atoms with Gasteiger partial charge in [-0.1, -0.05) is 11.2 Å². The van der Waals surface area contributed by atoms with Gasteiger partial charge in [-0.25, -0.2) is 0 Å². The number of benzene rings is 1. The van der Waals surface area contributed by atoms with Gasteiger partial charge in [0.05, 0.1) is 12.2 Å². The zero-order chi connectivity index (χ0) is 17.8. The molecule has 1 saturated heterocycles. The Morgan fingerprint density at radius 3 is 2.44 bits per heavy atom. The van der Waals surface area contributed by atoms with Crippen molar-refractivity contribution in [2.45, 2.75) is 27.3 Å². The van der Waals surface area contributed by atoms with Crippen LogP contribution in [0.5, 0.6) is 0 Å². The molecule has 0 unspecified atom stereocenters. The Bertz CT molecular complexity index is 733. The molecule has 0 aliphatic carbocycles. The maximum atomic E-state index is 12.3. The molecule has 6 nitrogen and oxygen atoms in total. The molecule has 3 rings (SSSR count). The molecule has 0 atom stereocenters. The van der Waals surface area contributed by atoms with E-state index >= 15 is 0 Å². The summed E-state index contributed by atoms with van der Waals surface area (Å²) >= 11 is 0. The van der Waals surface area contributed by atoms with Crippen LogP contribution in [0.3, 0.4) is 0 Å². The maximum absolute atomic E-state index is 12.3. The van der Waals surface area contributed by atoms with Gasteiger partial charge in [-0.05, 0) is 44.0 Å². The molecule has 1 aromatic heterocycles. The molecule has 1 aromatic carbocycles. The van der Waals surface area contributed by atoms with Gasteiger partial charge < -0.3 is 9.84 Å². The number of hydrogen-bond acceptors (Lipinski definition) is 5. The summed E-state index contributed by atoms with van der Waals surface area (Å²) < 4.78 is 5.11. The van der Waals surface area contributed by atoms with Crippen LogP contribution in [0.25, 0.3) is 0 Å². The third kappa shape index (κ3) is 4.90. The number of anilines is 1. The number of aromatic nitrogens is 1. The van der Waals surface area contributed by atoms with Crippen LogP contribution in [0.1, 0.15) is 22.6 Å². The molecule has 6 heteroatoms. The first kappa shape index (κ1) is 17.6. The Labute approximate surface area is 148 Å². The van der Waals surface area contributed by atoms with Crippen LogP contribution in [0.2, 0.25) is 0 Å². The largest absolute Gasteiger partial charge is 0.361 e. The highest BCUT2D eigenvalue weighted by atomic mass is 16.5. The van der Waals surface area contributed by atoms with E-state index in [4.69, 9.17) is 4.52 Å². The van der Waals surface area contributed by atoms with Crippen LogP contribution in [0.15, 0.2) is 28.8 Å². The number of nitrogens with zero attached hydrogens (tertiary/aromatic N) is 3. The lowest BCUT2D eigenvalue weighted by Gasteiger charge is -2.33. The molecule has 0 bridgehead atoms. The van der Waals surface area contributed by atoms with E-state index in [0.29, 0.717) is 6.54 Å². The van der Waals surface area contributed by atoms with Gasteiger partial charge in [-0.15, -0.1) is 0 Å². The van der Waals surface area contributed by atoms with Gasteiger partial charge in [0, 0.05) is 44.5 Å². The van der Waals surface area contributed by atoms with Gasteiger partial charge in [0.1, 0.15) is 5.76 Å². The van der Waals surface area contributed by atoms with Gasteiger partial charge >= 0.3 is 0 Å². The van der Waals surface area contributed by atoms with Crippen LogP contribution in [0, 0.1) is 20.8 Å². The van der Waals surface area contributed by atoms with E-state index in [1.165, 1.54) is 11.1 Å². The summed E-state index contributed by atoms with van der Waals surface area (Å²) in [5.74, 6) is 0.889. The smallest absolute Gasteiger partial charge is 0.238 e. The van der Waals surface area contributed by atoms with E-state index < -0.39 is 0 Å². The fourth-order valence-electron chi connectivity index (χ4n) is 3.05. The lowest BCUT2D eigenvalue weighted by Crippen LogP contribution is -2.48. The van der Waals surface area contributed by atoms with Crippen LogP contribution < -0.4 is 5.32 Å². The fourth-order valence-corrected chi connectivity index (χ4v) is 3.05. The van der Waals surface area contributed by atoms with Gasteiger partial charge in [0.2, 0.25) is 5.91 Å². The van der Waals surface area contributed by atoms with Crippen molar-refractivity contribution in [3.63, 3.8) is 0 Å². The van der Waals surface area contributed by atoms with E-state index in [9.17, 15) is 4.79 Å². The van der Waals surface area contributed by atoms with Crippen molar-refractivity contribution >= 4 is 11.6 Å². The predicted octanol–water partition coefficient (Wildman–Crippen LogP) is 2.36. The summed E-state index contributed by atoms with van der Waals surface area (Å²) in [6, 6.07) is 7.99. The van der Waals surface area contributed by atoms with Crippen LogP contribution in [-0.2, 0) is 11.3 Å². The predicted molar refractivity (Wildman–Crippen MR) is 97.5 cm³/mol. The summed E-state index contributed by atoms with van der Waals surface area (Å²) in [7, 11) is 0. The molecule has 0 spiro atoms. The topological polar surface area (TPSA) is 61.6 Å².